The Morgan fingerprint density at radius 3 is 2.15 bits per heavy atom. The SMILES string of the molecule is CC(Cc1ccc(C(C)(C)C)c(OC(F)(F)F)c1)c1ccc(C2CC2)cc1. The van der Waals surface area contributed by atoms with E-state index in [1.165, 1.54) is 24.0 Å². The lowest BCUT2D eigenvalue weighted by Gasteiger charge is -2.24. The van der Waals surface area contributed by atoms with Crippen molar-refractivity contribution in [2.24, 2.45) is 0 Å². The summed E-state index contributed by atoms with van der Waals surface area (Å²) in [5.41, 5.74) is 3.58. The molecule has 0 heterocycles. The van der Waals surface area contributed by atoms with Crippen LogP contribution in [-0.2, 0) is 11.8 Å². The summed E-state index contributed by atoms with van der Waals surface area (Å²) in [7, 11) is 0. The van der Waals surface area contributed by atoms with Crippen molar-refractivity contribution >= 4 is 0 Å². The summed E-state index contributed by atoms with van der Waals surface area (Å²) < 4.78 is 42.9. The number of benzene rings is 2. The van der Waals surface area contributed by atoms with Crippen molar-refractivity contribution in [1.29, 1.82) is 0 Å². The molecular formula is C23H27F3O. The minimum atomic E-state index is -4.69. The standard InChI is InChI=1S/C23H27F3O/c1-15(17-6-8-18(9-7-17)19-10-11-19)13-16-5-12-20(22(2,3)4)21(14-16)27-23(24,25)26/h5-9,12,14-15,19H,10-11,13H2,1-4H3. The van der Waals surface area contributed by atoms with Gasteiger partial charge in [-0.2, -0.15) is 0 Å². The van der Waals surface area contributed by atoms with Crippen molar-refractivity contribution in [1.82, 2.24) is 0 Å². The molecule has 2 aromatic carbocycles. The lowest BCUT2D eigenvalue weighted by atomic mass is 9.84. The van der Waals surface area contributed by atoms with Crippen molar-refractivity contribution in [3.8, 4) is 5.75 Å². The van der Waals surface area contributed by atoms with E-state index >= 15 is 0 Å². The van der Waals surface area contributed by atoms with Gasteiger partial charge < -0.3 is 4.74 Å². The van der Waals surface area contributed by atoms with Gasteiger partial charge in [-0.05, 0) is 64.8 Å². The Morgan fingerprint density at radius 1 is 1.00 bits per heavy atom. The fourth-order valence-electron chi connectivity index (χ4n) is 3.51. The van der Waals surface area contributed by atoms with E-state index < -0.39 is 11.8 Å². The quantitative estimate of drug-likeness (QED) is 0.540. The third-order valence-corrected chi connectivity index (χ3v) is 5.18. The summed E-state index contributed by atoms with van der Waals surface area (Å²) in [6, 6.07) is 13.9. The number of hydrogen-bond acceptors (Lipinski definition) is 1. The molecule has 146 valence electrons. The summed E-state index contributed by atoms with van der Waals surface area (Å²) in [4.78, 5) is 0. The van der Waals surface area contributed by atoms with Crippen LogP contribution in [0.15, 0.2) is 42.5 Å². The van der Waals surface area contributed by atoms with E-state index in [0.717, 1.165) is 11.5 Å². The van der Waals surface area contributed by atoms with Gasteiger partial charge in [-0.15, -0.1) is 13.2 Å². The molecule has 0 radical (unpaired) electrons. The molecule has 1 aliphatic carbocycles. The Balaban J connectivity index is 1.80. The van der Waals surface area contributed by atoms with Gasteiger partial charge >= 0.3 is 6.36 Å². The molecule has 1 aliphatic rings. The fraction of sp³-hybridized carbons (Fsp3) is 0.478. The minimum Gasteiger partial charge on any atom is -0.405 e. The zero-order valence-corrected chi connectivity index (χ0v) is 16.4. The zero-order chi connectivity index (χ0) is 19.8. The molecule has 0 saturated heterocycles. The van der Waals surface area contributed by atoms with Crippen LogP contribution in [0.5, 0.6) is 5.75 Å². The molecule has 2 aromatic rings. The van der Waals surface area contributed by atoms with Crippen LogP contribution in [0.25, 0.3) is 0 Å². The van der Waals surface area contributed by atoms with Crippen LogP contribution in [0.3, 0.4) is 0 Å². The number of ether oxygens (including phenoxy) is 1. The Kier molecular flexibility index (Phi) is 5.29. The highest BCUT2D eigenvalue weighted by molar-refractivity contribution is 5.42. The van der Waals surface area contributed by atoms with Gasteiger partial charge in [0, 0.05) is 0 Å². The fourth-order valence-corrected chi connectivity index (χ4v) is 3.51. The molecule has 27 heavy (non-hydrogen) atoms. The number of hydrogen-bond donors (Lipinski definition) is 0. The number of rotatable bonds is 5. The van der Waals surface area contributed by atoms with Gasteiger partial charge in [0.2, 0.25) is 0 Å². The van der Waals surface area contributed by atoms with Gasteiger partial charge in [-0.3, -0.25) is 0 Å². The highest BCUT2D eigenvalue weighted by atomic mass is 19.4. The second-order valence-corrected chi connectivity index (χ2v) is 8.67. The predicted octanol–water partition coefficient (Wildman–Crippen LogP) is 7.11. The van der Waals surface area contributed by atoms with E-state index in [-0.39, 0.29) is 11.7 Å². The summed E-state index contributed by atoms with van der Waals surface area (Å²) in [6.45, 7) is 7.76. The van der Waals surface area contributed by atoms with Gasteiger partial charge in [0.25, 0.3) is 0 Å². The first-order valence-electron chi connectivity index (χ1n) is 9.52. The second kappa shape index (κ2) is 7.21. The molecule has 1 unspecified atom stereocenters. The largest absolute Gasteiger partial charge is 0.573 e. The number of halogens is 3. The molecule has 0 spiro atoms. The summed E-state index contributed by atoms with van der Waals surface area (Å²) in [5.74, 6) is 0.850. The van der Waals surface area contributed by atoms with Gasteiger partial charge in [0.05, 0.1) is 0 Å². The molecule has 0 N–H and O–H groups in total. The van der Waals surface area contributed by atoms with Crippen molar-refractivity contribution in [3.05, 3.63) is 64.7 Å². The lowest BCUT2D eigenvalue weighted by molar-refractivity contribution is -0.275. The lowest BCUT2D eigenvalue weighted by Crippen LogP contribution is -2.21. The molecule has 4 heteroatoms. The minimum absolute atomic E-state index is 0.0937. The molecule has 3 rings (SSSR count). The molecular weight excluding hydrogens is 349 g/mol. The first kappa shape index (κ1) is 19.8. The molecule has 1 saturated carbocycles. The maximum Gasteiger partial charge on any atom is 0.573 e. The monoisotopic (exact) mass is 376 g/mol. The molecule has 0 aliphatic heterocycles. The molecule has 0 amide bonds. The average Bonchev–Trinajstić information content (AvgIpc) is 3.37. The number of alkyl halides is 3. The van der Waals surface area contributed by atoms with Crippen LogP contribution in [-0.4, -0.2) is 6.36 Å². The van der Waals surface area contributed by atoms with Crippen LogP contribution in [0, 0.1) is 0 Å². The third-order valence-electron chi connectivity index (χ3n) is 5.18. The highest BCUT2D eigenvalue weighted by Crippen LogP contribution is 2.40. The van der Waals surface area contributed by atoms with E-state index in [2.05, 4.69) is 35.9 Å². The molecule has 0 aromatic heterocycles. The van der Waals surface area contributed by atoms with Crippen LogP contribution < -0.4 is 4.74 Å². The maximum atomic E-state index is 12.9. The van der Waals surface area contributed by atoms with E-state index in [1.807, 2.05) is 26.8 Å². The summed E-state index contributed by atoms with van der Waals surface area (Å²) >= 11 is 0. The third kappa shape index (κ3) is 5.27. The van der Waals surface area contributed by atoms with E-state index in [0.29, 0.717) is 12.0 Å². The second-order valence-electron chi connectivity index (χ2n) is 8.67. The average molecular weight is 376 g/mol. The van der Waals surface area contributed by atoms with E-state index in [4.69, 9.17) is 0 Å². The highest BCUT2D eigenvalue weighted by Gasteiger charge is 2.34. The summed E-state index contributed by atoms with van der Waals surface area (Å²) in [6.07, 6.45) is -1.47. The van der Waals surface area contributed by atoms with Crippen molar-refractivity contribution in [3.63, 3.8) is 0 Å². The van der Waals surface area contributed by atoms with Crippen molar-refractivity contribution in [2.45, 2.75) is 70.6 Å². The molecule has 1 fully saturated rings. The summed E-state index contributed by atoms with van der Waals surface area (Å²) in [5, 5.41) is 0. The van der Waals surface area contributed by atoms with Crippen LogP contribution in [0.1, 0.15) is 74.6 Å². The predicted molar refractivity (Wildman–Crippen MR) is 102 cm³/mol. The normalized spacial score (nSPS) is 16.3. The van der Waals surface area contributed by atoms with E-state index in [9.17, 15) is 13.2 Å². The topological polar surface area (TPSA) is 9.23 Å². The van der Waals surface area contributed by atoms with E-state index in [1.54, 1.807) is 12.1 Å². The Morgan fingerprint density at radius 2 is 1.63 bits per heavy atom. The first-order chi connectivity index (χ1) is 12.5. The molecule has 1 atom stereocenters. The van der Waals surface area contributed by atoms with Crippen molar-refractivity contribution in [2.75, 3.05) is 0 Å². The van der Waals surface area contributed by atoms with Gasteiger partial charge in [0.15, 0.2) is 0 Å². The first-order valence-corrected chi connectivity index (χ1v) is 9.52. The van der Waals surface area contributed by atoms with Crippen LogP contribution >= 0.6 is 0 Å². The van der Waals surface area contributed by atoms with Gasteiger partial charge in [-0.1, -0.05) is 64.1 Å². The Labute approximate surface area is 159 Å². The Bertz CT molecular complexity index is 781. The van der Waals surface area contributed by atoms with Crippen LogP contribution in [0.2, 0.25) is 0 Å². The van der Waals surface area contributed by atoms with Gasteiger partial charge in [-0.25, -0.2) is 0 Å². The zero-order valence-electron chi connectivity index (χ0n) is 16.4. The van der Waals surface area contributed by atoms with Gasteiger partial charge in [0.1, 0.15) is 5.75 Å². The molecule has 1 nitrogen and oxygen atoms in total. The van der Waals surface area contributed by atoms with Crippen molar-refractivity contribution < 1.29 is 17.9 Å². The maximum absolute atomic E-state index is 12.9. The van der Waals surface area contributed by atoms with Crippen LogP contribution in [0.4, 0.5) is 13.2 Å². The molecule has 0 bridgehead atoms. The Hall–Kier alpha value is -1.97. The smallest absolute Gasteiger partial charge is 0.405 e.